The minimum absolute atomic E-state index is 0.154. The van der Waals surface area contributed by atoms with Crippen LogP contribution < -0.4 is 5.32 Å². The third-order valence-electron chi connectivity index (χ3n) is 2.94. The number of hydrogen-bond acceptors (Lipinski definition) is 3. The highest BCUT2D eigenvalue weighted by Gasteiger charge is 2.39. The van der Waals surface area contributed by atoms with Crippen molar-refractivity contribution >= 4 is 6.09 Å². The molecule has 2 fully saturated rings. The van der Waals surface area contributed by atoms with Gasteiger partial charge in [0.1, 0.15) is 5.60 Å². The van der Waals surface area contributed by atoms with Gasteiger partial charge < -0.3 is 15.0 Å². The van der Waals surface area contributed by atoms with Gasteiger partial charge in [-0.25, -0.2) is 4.79 Å². The van der Waals surface area contributed by atoms with Crippen LogP contribution in [-0.4, -0.2) is 42.3 Å². The van der Waals surface area contributed by atoms with Crippen LogP contribution in [0.4, 0.5) is 4.79 Å². The topological polar surface area (TPSA) is 41.6 Å². The molecule has 0 unspecified atom stereocenters. The van der Waals surface area contributed by atoms with E-state index in [1.54, 1.807) is 0 Å². The molecule has 2 atom stereocenters. The first-order valence-electron chi connectivity index (χ1n) is 5.66. The second-order valence-corrected chi connectivity index (χ2v) is 5.55. The van der Waals surface area contributed by atoms with Crippen LogP contribution in [0.2, 0.25) is 0 Å². The molecule has 2 rings (SSSR count). The van der Waals surface area contributed by atoms with Gasteiger partial charge in [-0.3, -0.25) is 0 Å². The lowest BCUT2D eigenvalue weighted by atomic mass is 10.0. The van der Waals surface area contributed by atoms with Gasteiger partial charge in [0.2, 0.25) is 0 Å². The maximum absolute atomic E-state index is 11.9. The number of carbonyl (C=O) groups is 1. The second-order valence-electron chi connectivity index (χ2n) is 5.55. The highest BCUT2D eigenvalue weighted by Crippen LogP contribution is 2.27. The first-order valence-corrected chi connectivity index (χ1v) is 5.66. The van der Waals surface area contributed by atoms with Gasteiger partial charge in [-0.1, -0.05) is 0 Å². The fourth-order valence-electron chi connectivity index (χ4n) is 2.35. The molecule has 2 aliphatic heterocycles. The molecule has 0 spiro atoms. The normalized spacial score (nSPS) is 30.5. The Morgan fingerprint density at radius 3 is 2.73 bits per heavy atom. The number of piperidine rings is 1. The van der Waals surface area contributed by atoms with Crippen LogP contribution in [0.25, 0.3) is 0 Å². The van der Waals surface area contributed by atoms with E-state index in [1.807, 2.05) is 25.7 Å². The van der Waals surface area contributed by atoms with E-state index >= 15 is 0 Å². The largest absolute Gasteiger partial charge is 0.444 e. The van der Waals surface area contributed by atoms with Crippen molar-refractivity contribution < 1.29 is 9.53 Å². The molecule has 0 saturated carbocycles. The molecule has 2 heterocycles. The number of ether oxygens (including phenoxy) is 1. The molecule has 0 aromatic carbocycles. The summed E-state index contributed by atoms with van der Waals surface area (Å²) in [4.78, 5) is 13.8. The highest BCUT2D eigenvalue weighted by molar-refractivity contribution is 5.69. The summed E-state index contributed by atoms with van der Waals surface area (Å²) in [5.41, 5.74) is -0.388. The Morgan fingerprint density at radius 1 is 1.40 bits per heavy atom. The molecule has 0 aromatic rings. The predicted molar refractivity (Wildman–Crippen MR) is 57.7 cm³/mol. The smallest absolute Gasteiger partial charge is 0.410 e. The number of fused-ring (bicyclic) bond motifs is 2. The predicted octanol–water partition coefficient (Wildman–Crippen LogP) is 1.22. The average molecular weight is 212 g/mol. The molecule has 2 aliphatic rings. The quantitative estimate of drug-likeness (QED) is 0.656. The number of rotatable bonds is 0. The molecule has 15 heavy (non-hydrogen) atoms. The average Bonchev–Trinajstić information content (AvgIpc) is 2.38. The Balaban J connectivity index is 1.96. The molecule has 0 radical (unpaired) electrons. The minimum Gasteiger partial charge on any atom is -0.444 e. The van der Waals surface area contributed by atoms with Crippen molar-refractivity contribution in [3.8, 4) is 0 Å². The molecule has 1 amide bonds. The number of amides is 1. The molecule has 2 saturated heterocycles. The van der Waals surface area contributed by atoms with Crippen molar-refractivity contribution in [2.24, 2.45) is 5.92 Å². The molecule has 0 aliphatic carbocycles. The van der Waals surface area contributed by atoms with E-state index in [0.717, 1.165) is 26.1 Å². The van der Waals surface area contributed by atoms with Gasteiger partial charge in [0.05, 0.1) is 0 Å². The van der Waals surface area contributed by atoms with E-state index in [0.29, 0.717) is 12.0 Å². The van der Waals surface area contributed by atoms with E-state index in [-0.39, 0.29) is 11.7 Å². The molecule has 0 aromatic heterocycles. The van der Waals surface area contributed by atoms with Crippen molar-refractivity contribution in [2.75, 3.05) is 19.6 Å². The SMILES string of the molecule is CC(C)(C)OC(=O)N1C[C@@H]2CNC[C@@H]1C2. The summed E-state index contributed by atoms with van der Waals surface area (Å²) in [6, 6.07) is 0.346. The van der Waals surface area contributed by atoms with Gasteiger partial charge in [-0.15, -0.1) is 0 Å². The Hall–Kier alpha value is -0.770. The summed E-state index contributed by atoms with van der Waals surface area (Å²) in [5, 5.41) is 3.35. The van der Waals surface area contributed by atoms with Gasteiger partial charge in [0.25, 0.3) is 0 Å². The number of carbonyl (C=O) groups excluding carboxylic acids is 1. The van der Waals surface area contributed by atoms with Crippen LogP contribution in [0.15, 0.2) is 0 Å². The number of nitrogens with zero attached hydrogens (tertiary/aromatic N) is 1. The van der Waals surface area contributed by atoms with Gasteiger partial charge in [0.15, 0.2) is 0 Å². The van der Waals surface area contributed by atoms with Crippen LogP contribution in [0, 0.1) is 5.92 Å². The van der Waals surface area contributed by atoms with Gasteiger partial charge >= 0.3 is 6.09 Å². The summed E-state index contributed by atoms with van der Waals surface area (Å²) in [7, 11) is 0. The second kappa shape index (κ2) is 3.67. The fraction of sp³-hybridized carbons (Fsp3) is 0.909. The van der Waals surface area contributed by atoms with E-state index in [1.165, 1.54) is 0 Å². The van der Waals surface area contributed by atoms with E-state index in [4.69, 9.17) is 4.74 Å². The Bertz CT molecular complexity index is 260. The monoisotopic (exact) mass is 212 g/mol. The lowest BCUT2D eigenvalue weighted by molar-refractivity contribution is 0.0231. The van der Waals surface area contributed by atoms with Crippen LogP contribution >= 0.6 is 0 Å². The van der Waals surface area contributed by atoms with Crippen molar-refractivity contribution in [3.05, 3.63) is 0 Å². The third kappa shape index (κ3) is 2.43. The first-order chi connectivity index (χ1) is 6.96. The summed E-state index contributed by atoms with van der Waals surface area (Å²) >= 11 is 0. The van der Waals surface area contributed by atoms with E-state index in [9.17, 15) is 4.79 Å². The zero-order valence-electron chi connectivity index (χ0n) is 9.75. The Labute approximate surface area is 91.0 Å². The number of hydrogen-bond donors (Lipinski definition) is 1. The standard InChI is InChI=1S/C11H20N2O2/c1-11(2,3)15-10(14)13-7-8-4-9(13)6-12-5-8/h8-9,12H,4-7H2,1-3H3/t8-,9-/m0/s1. The van der Waals surface area contributed by atoms with Gasteiger partial charge in [-0.2, -0.15) is 0 Å². The molecule has 86 valence electrons. The molecule has 2 bridgehead atoms. The summed E-state index contributed by atoms with van der Waals surface area (Å²) in [6.07, 6.45) is 0.977. The first kappa shape index (κ1) is 10.7. The van der Waals surface area contributed by atoms with Gasteiger partial charge in [-0.05, 0) is 39.7 Å². The van der Waals surface area contributed by atoms with Crippen LogP contribution in [0.3, 0.4) is 0 Å². The highest BCUT2D eigenvalue weighted by atomic mass is 16.6. The van der Waals surface area contributed by atoms with Crippen LogP contribution in [0.1, 0.15) is 27.2 Å². The zero-order chi connectivity index (χ0) is 11.1. The van der Waals surface area contributed by atoms with Gasteiger partial charge in [0, 0.05) is 19.1 Å². The Kier molecular flexibility index (Phi) is 2.63. The van der Waals surface area contributed by atoms with Crippen molar-refractivity contribution in [3.63, 3.8) is 0 Å². The van der Waals surface area contributed by atoms with E-state index in [2.05, 4.69) is 5.32 Å². The van der Waals surface area contributed by atoms with E-state index < -0.39 is 0 Å². The summed E-state index contributed by atoms with van der Waals surface area (Å²) in [5.74, 6) is 0.622. The van der Waals surface area contributed by atoms with Crippen molar-refractivity contribution in [2.45, 2.75) is 38.8 Å². The summed E-state index contributed by atoms with van der Waals surface area (Å²) < 4.78 is 5.39. The molecule has 1 N–H and O–H groups in total. The molecule has 4 heteroatoms. The van der Waals surface area contributed by atoms with Crippen LogP contribution in [-0.2, 0) is 4.74 Å². The lowest BCUT2D eigenvalue weighted by Crippen LogP contribution is -2.43. The number of nitrogens with one attached hydrogen (secondary N) is 1. The maximum Gasteiger partial charge on any atom is 0.410 e. The van der Waals surface area contributed by atoms with Crippen molar-refractivity contribution in [1.82, 2.24) is 10.2 Å². The lowest BCUT2D eigenvalue weighted by Gasteiger charge is -2.28. The zero-order valence-corrected chi connectivity index (χ0v) is 9.75. The van der Waals surface area contributed by atoms with Crippen LogP contribution in [0.5, 0.6) is 0 Å². The van der Waals surface area contributed by atoms with Crippen molar-refractivity contribution in [1.29, 1.82) is 0 Å². The summed E-state index contributed by atoms with van der Waals surface area (Å²) in [6.45, 7) is 8.53. The third-order valence-corrected chi connectivity index (χ3v) is 2.94. The minimum atomic E-state index is -0.388. The molecule has 4 nitrogen and oxygen atoms in total. The maximum atomic E-state index is 11.9. The Morgan fingerprint density at radius 2 is 2.13 bits per heavy atom. The molecular weight excluding hydrogens is 192 g/mol. The molecular formula is C11H20N2O2. The fourth-order valence-corrected chi connectivity index (χ4v) is 2.35. The number of likely N-dealkylation sites (tertiary alicyclic amines) is 1.